The highest BCUT2D eigenvalue weighted by molar-refractivity contribution is 7.16. The van der Waals surface area contributed by atoms with Gasteiger partial charge in [-0.25, -0.2) is 0 Å². The van der Waals surface area contributed by atoms with Gasteiger partial charge in [-0.3, -0.25) is 9.69 Å². The van der Waals surface area contributed by atoms with E-state index in [-0.39, 0.29) is 11.9 Å². The zero-order valence-corrected chi connectivity index (χ0v) is 19.1. The number of benzene rings is 1. The largest absolute Gasteiger partial charge is 0.494 e. The fourth-order valence-corrected chi connectivity index (χ4v) is 4.93. The lowest BCUT2D eigenvalue weighted by molar-refractivity contribution is 0.0996. The Morgan fingerprint density at radius 2 is 1.94 bits per heavy atom. The summed E-state index contributed by atoms with van der Waals surface area (Å²) in [6, 6.07) is 14.0. The second-order valence-corrected chi connectivity index (χ2v) is 9.07. The smallest absolute Gasteiger partial charge is 0.291 e. The number of ether oxygens (including phenoxy) is 1. The molecule has 4 rings (SSSR count). The highest BCUT2D eigenvalue weighted by Crippen LogP contribution is 2.40. The van der Waals surface area contributed by atoms with Crippen LogP contribution in [0.5, 0.6) is 5.75 Å². The number of nitrogens with zero attached hydrogens (tertiary/aromatic N) is 2. The summed E-state index contributed by atoms with van der Waals surface area (Å²) in [6.07, 6.45) is 1.52. The maximum absolute atomic E-state index is 12.7. The Kier molecular flexibility index (Phi) is 6.75. The quantitative estimate of drug-likeness (QED) is 0.581. The van der Waals surface area contributed by atoms with E-state index in [1.54, 1.807) is 23.5 Å². The monoisotopic (exact) mass is 439 g/mol. The number of thiophene rings is 1. The highest BCUT2D eigenvalue weighted by atomic mass is 32.1. The van der Waals surface area contributed by atoms with Gasteiger partial charge >= 0.3 is 0 Å². The van der Waals surface area contributed by atoms with E-state index in [4.69, 9.17) is 9.15 Å². The number of anilines is 1. The van der Waals surface area contributed by atoms with E-state index >= 15 is 0 Å². The minimum atomic E-state index is -0.225. The summed E-state index contributed by atoms with van der Waals surface area (Å²) in [4.78, 5) is 18.7. The van der Waals surface area contributed by atoms with Crippen molar-refractivity contribution in [3.8, 4) is 5.75 Å². The van der Waals surface area contributed by atoms with Crippen LogP contribution in [0.2, 0.25) is 0 Å². The number of likely N-dealkylation sites (N-methyl/N-ethyl adjacent to an activating group) is 1. The van der Waals surface area contributed by atoms with E-state index in [0.717, 1.165) is 47.4 Å². The molecule has 1 aliphatic heterocycles. The molecule has 1 fully saturated rings. The first-order chi connectivity index (χ1) is 15.0. The van der Waals surface area contributed by atoms with Crippen molar-refractivity contribution < 1.29 is 13.9 Å². The van der Waals surface area contributed by atoms with Gasteiger partial charge in [-0.15, -0.1) is 11.3 Å². The summed E-state index contributed by atoms with van der Waals surface area (Å²) in [6.45, 7) is 8.69. The average Bonchev–Trinajstić information content (AvgIpc) is 3.42. The van der Waals surface area contributed by atoms with Gasteiger partial charge in [-0.05, 0) is 56.8 Å². The first kappa shape index (κ1) is 21.6. The van der Waals surface area contributed by atoms with Gasteiger partial charge in [0.2, 0.25) is 0 Å². The highest BCUT2D eigenvalue weighted by Gasteiger charge is 2.29. The molecule has 7 heteroatoms. The van der Waals surface area contributed by atoms with E-state index < -0.39 is 0 Å². The van der Waals surface area contributed by atoms with Gasteiger partial charge < -0.3 is 19.4 Å². The van der Waals surface area contributed by atoms with E-state index in [2.05, 4.69) is 47.3 Å². The predicted octanol–water partition coefficient (Wildman–Crippen LogP) is 4.64. The van der Waals surface area contributed by atoms with Crippen LogP contribution >= 0.6 is 11.3 Å². The van der Waals surface area contributed by atoms with Crippen molar-refractivity contribution in [1.29, 1.82) is 0 Å². The molecule has 164 valence electrons. The van der Waals surface area contributed by atoms with Crippen LogP contribution in [0.4, 0.5) is 5.00 Å². The molecule has 1 amide bonds. The number of nitrogens with one attached hydrogen (secondary N) is 1. The fourth-order valence-electron chi connectivity index (χ4n) is 3.99. The molecule has 2 aromatic heterocycles. The van der Waals surface area contributed by atoms with Gasteiger partial charge in [0.1, 0.15) is 10.8 Å². The van der Waals surface area contributed by atoms with E-state index in [1.807, 2.05) is 19.1 Å². The van der Waals surface area contributed by atoms with E-state index in [0.29, 0.717) is 12.4 Å². The van der Waals surface area contributed by atoms with Gasteiger partial charge in [-0.1, -0.05) is 12.1 Å². The topological polar surface area (TPSA) is 58.0 Å². The fraction of sp³-hybridized carbons (Fsp3) is 0.375. The molecule has 0 aliphatic carbocycles. The normalized spacial score (nSPS) is 16.2. The number of carbonyl (C=O) groups excluding carboxylic acids is 1. The van der Waals surface area contributed by atoms with Gasteiger partial charge in [0, 0.05) is 36.6 Å². The summed E-state index contributed by atoms with van der Waals surface area (Å²) in [7, 11) is 2.16. The molecule has 1 aromatic carbocycles. The summed E-state index contributed by atoms with van der Waals surface area (Å²) in [5, 5.41) is 3.96. The van der Waals surface area contributed by atoms with Crippen LogP contribution in [0.25, 0.3) is 0 Å². The van der Waals surface area contributed by atoms with Crippen molar-refractivity contribution in [1.82, 2.24) is 9.80 Å². The minimum absolute atomic E-state index is 0.0567. The van der Waals surface area contributed by atoms with Crippen molar-refractivity contribution in [2.75, 3.05) is 45.2 Å². The molecule has 1 N–H and O–H groups in total. The number of carbonyl (C=O) groups is 1. The zero-order chi connectivity index (χ0) is 21.8. The lowest BCUT2D eigenvalue weighted by Gasteiger charge is -2.38. The van der Waals surface area contributed by atoms with Crippen molar-refractivity contribution in [3.63, 3.8) is 0 Å². The molecule has 6 nitrogen and oxygen atoms in total. The average molecular weight is 440 g/mol. The molecule has 0 saturated carbocycles. The van der Waals surface area contributed by atoms with E-state index in [1.165, 1.54) is 11.8 Å². The first-order valence-corrected chi connectivity index (χ1v) is 11.5. The third-order valence-corrected chi connectivity index (χ3v) is 6.54. The van der Waals surface area contributed by atoms with Crippen LogP contribution in [0.1, 0.15) is 39.5 Å². The lowest BCUT2D eigenvalue weighted by atomic mass is 9.97. The number of hydrogen-bond acceptors (Lipinski definition) is 6. The van der Waals surface area contributed by atoms with Crippen molar-refractivity contribution in [2.45, 2.75) is 19.9 Å². The second kappa shape index (κ2) is 9.68. The third kappa shape index (κ3) is 5.01. The molecule has 1 saturated heterocycles. The van der Waals surface area contributed by atoms with Gasteiger partial charge in [0.05, 0.1) is 18.9 Å². The number of furan rings is 1. The SMILES string of the molecule is CCOc1ccc([C@@H](c2cc(C)sc2NC(=O)c2ccco2)N2CCN(C)CC2)cc1. The first-order valence-electron chi connectivity index (χ1n) is 10.7. The Morgan fingerprint density at radius 1 is 1.19 bits per heavy atom. The number of rotatable bonds is 7. The molecule has 1 atom stereocenters. The Bertz CT molecular complexity index is 990. The molecule has 0 spiro atoms. The maximum atomic E-state index is 12.7. The zero-order valence-electron chi connectivity index (χ0n) is 18.3. The van der Waals surface area contributed by atoms with Gasteiger partial charge in [-0.2, -0.15) is 0 Å². The molecular weight excluding hydrogens is 410 g/mol. The van der Waals surface area contributed by atoms with Crippen LogP contribution < -0.4 is 10.1 Å². The third-order valence-electron chi connectivity index (χ3n) is 5.56. The van der Waals surface area contributed by atoms with Crippen molar-refractivity contribution >= 4 is 22.2 Å². The lowest BCUT2D eigenvalue weighted by Crippen LogP contribution is -2.46. The number of hydrogen-bond donors (Lipinski definition) is 1. The minimum Gasteiger partial charge on any atom is -0.494 e. The Balaban J connectivity index is 1.69. The summed E-state index contributed by atoms with van der Waals surface area (Å²) >= 11 is 1.60. The molecule has 0 unspecified atom stereocenters. The van der Waals surface area contributed by atoms with Crippen LogP contribution in [-0.2, 0) is 0 Å². The summed E-state index contributed by atoms with van der Waals surface area (Å²) in [5.74, 6) is 0.961. The molecule has 1 aliphatic rings. The second-order valence-electron chi connectivity index (χ2n) is 7.82. The molecular formula is C24H29N3O3S. The molecule has 3 aromatic rings. The summed E-state index contributed by atoms with van der Waals surface area (Å²) in [5.41, 5.74) is 2.32. The van der Waals surface area contributed by atoms with Gasteiger partial charge in [0.15, 0.2) is 5.76 Å². The standard InChI is InChI=1S/C24H29N3O3S/c1-4-29-19-9-7-18(8-10-19)22(27-13-11-26(3)12-14-27)20-16-17(2)31-24(20)25-23(28)21-6-5-15-30-21/h5-10,15-16,22H,4,11-14H2,1-3H3,(H,25,28)/t22-/m0/s1. The molecule has 31 heavy (non-hydrogen) atoms. The molecule has 3 heterocycles. The van der Waals surface area contributed by atoms with E-state index in [9.17, 15) is 4.79 Å². The summed E-state index contributed by atoms with van der Waals surface area (Å²) < 4.78 is 10.9. The molecule has 0 radical (unpaired) electrons. The van der Waals surface area contributed by atoms with Crippen molar-refractivity contribution in [3.05, 3.63) is 70.5 Å². The Hall–Kier alpha value is -2.61. The maximum Gasteiger partial charge on any atom is 0.291 e. The Morgan fingerprint density at radius 3 is 2.58 bits per heavy atom. The Labute approximate surface area is 187 Å². The van der Waals surface area contributed by atoms with Gasteiger partial charge in [0.25, 0.3) is 5.91 Å². The van der Waals surface area contributed by atoms with Crippen LogP contribution in [0.3, 0.4) is 0 Å². The van der Waals surface area contributed by atoms with Crippen LogP contribution in [-0.4, -0.2) is 55.5 Å². The van der Waals surface area contributed by atoms with Crippen LogP contribution in [0.15, 0.2) is 53.1 Å². The molecule has 0 bridgehead atoms. The van der Waals surface area contributed by atoms with Crippen LogP contribution in [0, 0.1) is 6.92 Å². The number of aryl methyl sites for hydroxylation is 1. The number of piperazine rings is 1. The number of amides is 1. The van der Waals surface area contributed by atoms with Crippen molar-refractivity contribution in [2.24, 2.45) is 0 Å². The predicted molar refractivity (Wildman–Crippen MR) is 124 cm³/mol.